The van der Waals surface area contributed by atoms with Crippen LogP contribution in [0.1, 0.15) is 32.3 Å². The molecule has 0 spiro atoms. The van der Waals surface area contributed by atoms with E-state index in [2.05, 4.69) is 0 Å². The lowest BCUT2D eigenvalue weighted by molar-refractivity contribution is -0.188. The third-order valence-electron chi connectivity index (χ3n) is 2.30. The van der Waals surface area contributed by atoms with Crippen LogP contribution >= 0.6 is 0 Å². The highest BCUT2D eigenvalue weighted by Gasteiger charge is 2.24. The van der Waals surface area contributed by atoms with Crippen molar-refractivity contribution in [3.8, 4) is 0 Å². The Morgan fingerprint density at radius 2 is 1.47 bits per heavy atom. The molecule has 0 amide bonds. The van der Waals surface area contributed by atoms with E-state index in [1.165, 1.54) is 13.8 Å². The molecule has 4 nitrogen and oxygen atoms in total. The Morgan fingerprint density at radius 1 is 1.00 bits per heavy atom. The molecule has 0 saturated heterocycles. The zero-order valence-corrected chi connectivity index (χ0v) is 10.2. The maximum atomic E-state index is 11.0. The minimum atomic E-state index is -0.882. The van der Waals surface area contributed by atoms with Crippen LogP contribution in [0.15, 0.2) is 30.3 Å². The van der Waals surface area contributed by atoms with Gasteiger partial charge in [-0.3, -0.25) is 9.59 Å². The molecule has 0 aliphatic carbocycles. The van der Waals surface area contributed by atoms with Crippen LogP contribution in [0, 0.1) is 0 Å². The summed E-state index contributed by atoms with van der Waals surface area (Å²) in [4.78, 5) is 21.9. The van der Waals surface area contributed by atoms with Crippen LogP contribution < -0.4 is 0 Å². The average molecular weight is 236 g/mol. The summed E-state index contributed by atoms with van der Waals surface area (Å²) in [6, 6.07) is 9.44. The van der Waals surface area contributed by atoms with Crippen molar-refractivity contribution < 1.29 is 19.1 Å². The summed E-state index contributed by atoms with van der Waals surface area (Å²) in [6.07, 6.45) is -0.882. The van der Waals surface area contributed by atoms with Gasteiger partial charge >= 0.3 is 11.9 Å². The summed E-state index contributed by atoms with van der Waals surface area (Å²) < 4.78 is 9.99. The van der Waals surface area contributed by atoms with Crippen molar-refractivity contribution in [3.63, 3.8) is 0 Å². The highest BCUT2D eigenvalue weighted by molar-refractivity contribution is 5.68. The second-order valence-corrected chi connectivity index (χ2v) is 3.79. The third-order valence-corrected chi connectivity index (χ3v) is 2.30. The van der Waals surface area contributed by atoms with Gasteiger partial charge in [0.2, 0.25) is 0 Å². The van der Waals surface area contributed by atoms with E-state index in [9.17, 15) is 9.59 Å². The molecule has 0 radical (unpaired) electrons. The molecule has 0 fully saturated rings. The molecule has 0 N–H and O–H groups in total. The number of esters is 2. The van der Waals surface area contributed by atoms with Crippen molar-refractivity contribution in [3.05, 3.63) is 35.9 Å². The summed E-state index contributed by atoms with van der Waals surface area (Å²) in [7, 11) is 0. The van der Waals surface area contributed by atoms with E-state index in [1.807, 2.05) is 37.3 Å². The standard InChI is InChI=1S/C13H16O4/c1-9(12-7-5-4-6-8-12)13(16-10(2)14)17-11(3)15/h4-9,13H,1-3H3. The van der Waals surface area contributed by atoms with Crippen LogP contribution in [0.3, 0.4) is 0 Å². The topological polar surface area (TPSA) is 52.6 Å². The maximum Gasteiger partial charge on any atom is 0.305 e. The Morgan fingerprint density at radius 3 is 1.88 bits per heavy atom. The van der Waals surface area contributed by atoms with E-state index in [1.54, 1.807) is 0 Å². The predicted molar refractivity (Wildman–Crippen MR) is 62.2 cm³/mol. The number of benzene rings is 1. The average Bonchev–Trinajstić information content (AvgIpc) is 2.27. The first kappa shape index (κ1) is 13.2. The maximum absolute atomic E-state index is 11.0. The minimum absolute atomic E-state index is 0.205. The fourth-order valence-electron chi connectivity index (χ4n) is 1.47. The summed E-state index contributed by atoms with van der Waals surface area (Å²) in [5.41, 5.74) is 0.944. The van der Waals surface area contributed by atoms with Gasteiger partial charge in [0.15, 0.2) is 0 Å². The van der Waals surface area contributed by atoms with Gasteiger partial charge in [0.25, 0.3) is 6.29 Å². The van der Waals surface area contributed by atoms with Gasteiger partial charge in [-0.15, -0.1) is 0 Å². The molecular weight excluding hydrogens is 220 g/mol. The van der Waals surface area contributed by atoms with Gasteiger partial charge in [-0.05, 0) is 5.56 Å². The Bertz CT molecular complexity index is 370. The van der Waals surface area contributed by atoms with E-state index in [0.717, 1.165) is 5.56 Å². The zero-order valence-electron chi connectivity index (χ0n) is 10.2. The van der Waals surface area contributed by atoms with Crippen LogP contribution in [0.2, 0.25) is 0 Å². The monoisotopic (exact) mass is 236 g/mol. The smallest absolute Gasteiger partial charge is 0.305 e. The van der Waals surface area contributed by atoms with Crippen molar-refractivity contribution in [1.82, 2.24) is 0 Å². The van der Waals surface area contributed by atoms with E-state index in [0.29, 0.717) is 0 Å². The predicted octanol–water partition coefficient (Wildman–Crippen LogP) is 2.24. The van der Waals surface area contributed by atoms with Gasteiger partial charge in [-0.25, -0.2) is 0 Å². The lowest BCUT2D eigenvalue weighted by Gasteiger charge is -2.23. The number of carbonyl (C=O) groups excluding carboxylic acids is 2. The molecule has 1 atom stereocenters. The van der Waals surface area contributed by atoms with Gasteiger partial charge in [0.1, 0.15) is 0 Å². The molecule has 92 valence electrons. The van der Waals surface area contributed by atoms with Crippen molar-refractivity contribution in [1.29, 1.82) is 0 Å². The quantitative estimate of drug-likeness (QED) is 0.594. The first-order valence-electron chi connectivity index (χ1n) is 5.40. The second kappa shape index (κ2) is 6.03. The Balaban J connectivity index is 2.82. The largest absolute Gasteiger partial charge is 0.425 e. The number of carbonyl (C=O) groups is 2. The van der Waals surface area contributed by atoms with E-state index < -0.39 is 18.2 Å². The first-order chi connectivity index (χ1) is 8.00. The molecule has 1 aromatic carbocycles. The highest BCUT2D eigenvalue weighted by Crippen LogP contribution is 2.22. The molecular formula is C13H16O4. The Labute approximate surface area is 101 Å². The van der Waals surface area contributed by atoms with Gasteiger partial charge in [0, 0.05) is 13.8 Å². The summed E-state index contributed by atoms with van der Waals surface area (Å²) in [6.45, 7) is 4.41. The number of hydrogen-bond donors (Lipinski definition) is 0. The fraction of sp³-hybridized carbons (Fsp3) is 0.385. The van der Waals surface area contributed by atoms with Crippen LogP contribution in [0.5, 0.6) is 0 Å². The molecule has 1 rings (SSSR count). The molecule has 17 heavy (non-hydrogen) atoms. The molecule has 0 bridgehead atoms. The van der Waals surface area contributed by atoms with Crippen LogP contribution in [-0.2, 0) is 19.1 Å². The summed E-state index contributed by atoms with van der Waals surface area (Å²) in [5.74, 6) is -1.15. The van der Waals surface area contributed by atoms with Gasteiger partial charge in [-0.1, -0.05) is 37.3 Å². The normalized spacial score (nSPS) is 12.0. The van der Waals surface area contributed by atoms with Gasteiger partial charge < -0.3 is 9.47 Å². The Hall–Kier alpha value is -1.84. The first-order valence-corrected chi connectivity index (χ1v) is 5.40. The van der Waals surface area contributed by atoms with E-state index >= 15 is 0 Å². The molecule has 0 aromatic heterocycles. The molecule has 0 aliphatic heterocycles. The van der Waals surface area contributed by atoms with Crippen molar-refractivity contribution in [2.75, 3.05) is 0 Å². The number of ether oxygens (including phenoxy) is 2. The van der Waals surface area contributed by atoms with Crippen molar-refractivity contribution in [2.24, 2.45) is 0 Å². The lowest BCUT2D eigenvalue weighted by Crippen LogP contribution is -2.27. The highest BCUT2D eigenvalue weighted by atomic mass is 16.7. The van der Waals surface area contributed by atoms with Crippen molar-refractivity contribution >= 4 is 11.9 Å². The van der Waals surface area contributed by atoms with E-state index in [-0.39, 0.29) is 5.92 Å². The van der Waals surface area contributed by atoms with Gasteiger partial charge in [-0.2, -0.15) is 0 Å². The SMILES string of the molecule is CC(=O)OC(OC(C)=O)C(C)c1ccccc1. The molecule has 0 saturated carbocycles. The number of hydrogen-bond acceptors (Lipinski definition) is 4. The second-order valence-electron chi connectivity index (χ2n) is 3.79. The minimum Gasteiger partial charge on any atom is -0.425 e. The van der Waals surface area contributed by atoms with Crippen molar-refractivity contribution in [2.45, 2.75) is 33.0 Å². The van der Waals surface area contributed by atoms with Crippen LogP contribution in [0.4, 0.5) is 0 Å². The fourth-order valence-corrected chi connectivity index (χ4v) is 1.47. The van der Waals surface area contributed by atoms with E-state index in [4.69, 9.17) is 9.47 Å². The molecule has 1 unspecified atom stereocenters. The van der Waals surface area contributed by atoms with Gasteiger partial charge in [0.05, 0.1) is 5.92 Å². The molecule has 4 heteroatoms. The summed E-state index contributed by atoms with van der Waals surface area (Å²) >= 11 is 0. The van der Waals surface area contributed by atoms with Crippen LogP contribution in [0.25, 0.3) is 0 Å². The molecule has 0 aliphatic rings. The molecule has 1 aromatic rings. The lowest BCUT2D eigenvalue weighted by atomic mass is 10.0. The molecule has 0 heterocycles. The van der Waals surface area contributed by atoms with Crippen LogP contribution in [-0.4, -0.2) is 18.2 Å². The summed E-state index contributed by atoms with van der Waals surface area (Å²) in [5, 5.41) is 0. The zero-order chi connectivity index (χ0) is 12.8. The third kappa shape index (κ3) is 4.26. The Kier molecular flexibility index (Phi) is 4.69. The number of rotatable bonds is 4.